The van der Waals surface area contributed by atoms with E-state index in [9.17, 15) is 8.42 Å². The van der Waals surface area contributed by atoms with E-state index in [1.54, 1.807) is 18.3 Å². The van der Waals surface area contributed by atoms with Crippen molar-refractivity contribution < 1.29 is 12.8 Å². The first kappa shape index (κ1) is 15.2. The van der Waals surface area contributed by atoms with Gasteiger partial charge in [-0.05, 0) is 43.0 Å². The molecule has 2 N–H and O–H groups in total. The predicted molar refractivity (Wildman–Crippen MR) is 83.7 cm³/mol. The predicted octanol–water partition coefficient (Wildman–Crippen LogP) is 3.28. The van der Waals surface area contributed by atoms with Crippen molar-refractivity contribution in [1.29, 1.82) is 0 Å². The van der Waals surface area contributed by atoms with Crippen molar-refractivity contribution in [3.05, 3.63) is 36.4 Å². The lowest BCUT2D eigenvalue weighted by Gasteiger charge is -2.24. The molecule has 1 fully saturated rings. The first-order chi connectivity index (χ1) is 10.4. The highest BCUT2D eigenvalue weighted by atomic mass is 32.2. The maximum atomic E-state index is 11.3. The van der Waals surface area contributed by atoms with Crippen molar-refractivity contribution in [2.45, 2.75) is 43.4 Å². The molecule has 0 aliphatic heterocycles. The summed E-state index contributed by atoms with van der Waals surface area (Å²) in [4.78, 5) is 4.51. The Bertz CT molecular complexity index is 750. The molecule has 2 atom stereocenters. The van der Waals surface area contributed by atoms with E-state index in [1.165, 1.54) is 25.0 Å². The van der Waals surface area contributed by atoms with Gasteiger partial charge in [-0.2, -0.15) is 0 Å². The zero-order valence-corrected chi connectivity index (χ0v) is 13.3. The van der Waals surface area contributed by atoms with Gasteiger partial charge in [0.05, 0.1) is 11.1 Å². The summed E-state index contributed by atoms with van der Waals surface area (Å²) in [6, 6.07) is 6.34. The quantitative estimate of drug-likeness (QED) is 0.940. The molecule has 6 heteroatoms. The van der Waals surface area contributed by atoms with Crippen molar-refractivity contribution in [1.82, 2.24) is 4.98 Å². The van der Waals surface area contributed by atoms with E-state index >= 15 is 0 Å². The molecule has 1 aliphatic carbocycles. The molecule has 1 aromatic heterocycles. The van der Waals surface area contributed by atoms with Crippen LogP contribution in [0.15, 0.2) is 39.8 Å². The fourth-order valence-electron chi connectivity index (χ4n) is 3.08. The van der Waals surface area contributed by atoms with Crippen LogP contribution in [0, 0.1) is 5.92 Å². The van der Waals surface area contributed by atoms with Crippen molar-refractivity contribution in [2.75, 3.05) is 0 Å². The molecule has 118 valence electrons. The molecular weight excluding hydrogens is 300 g/mol. The summed E-state index contributed by atoms with van der Waals surface area (Å²) in [5.74, 6) is 2.55. The molecule has 0 radical (unpaired) electrons. The standard InChI is InChI=1S/C16H20N2O3S/c1-11-3-2-4-13(9-11)16-18-10-15(21-16)12-5-7-14(8-6-12)22(17,19)20/h5-8,10-11,13H,2-4,9H2,1H3,(H2,17,19,20). The van der Waals surface area contributed by atoms with Crippen LogP contribution in [0.4, 0.5) is 0 Å². The van der Waals surface area contributed by atoms with E-state index in [0.717, 1.165) is 24.3 Å². The molecule has 1 aromatic carbocycles. The van der Waals surface area contributed by atoms with Crippen LogP contribution in [0.5, 0.6) is 0 Å². The van der Waals surface area contributed by atoms with Gasteiger partial charge in [0.1, 0.15) is 0 Å². The van der Waals surface area contributed by atoms with E-state index in [2.05, 4.69) is 11.9 Å². The van der Waals surface area contributed by atoms with Gasteiger partial charge in [0.25, 0.3) is 0 Å². The third-order valence-electron chi connectivity index (χ3n) is 4.28. The Labute approximate surface area is 130 Å². The van der Waals surface area contributed by atoms with Crippen molar-refractivity contribution >= 4 is 10.0 Å². The molecule has 2 aromatic rings. The number of primary sulfonamides is 1. The Hall–Kier alpha value is -1.66. The third-order valence-corrected chi connectivity index (χ3v) is 5.21. The number of oxazole rings is 1. The lowest BCUT2D eigenvalue weighted by atomic mass is 9.82. The van der Waals surface area contributed by atoms with E-state index in [4.69, 9.17) is 9.56 Å². The van der Waals surface area contributed by atoms with Crippen LogP contribution < -0.4 is 5.14 Å². The van der Waals surface area contributed by atoms with Gasteiger partial charge in [-0.3, -0.25) is 0 Å². The topological polar surface area (TPSA) is 86.2 Å². The Morgan fingerprint density at radius 1 is 1.23 bits per heavy atom. The van der Waals surface area contributed by atoms with E-state index in [0.29, 0.717) is 17.6 Å². The summed E-state index contributed by atoms with van der Waals surface area (Å²) in [5, 5.41) is 5.10. The highest BCUT2D eigenvalue weighted by Crippen LogP contribution is 2.36. The molecule has 5 nitrogen and oxygen atoms in total. The molecular formula is C16H20N2O3S. The van der Waals surface area contributed by atoms with E-state index in [1.807, 2.05) is 0 Å². The summed E-state index contributed by atoms with van der Waals surface area (Å²) in [6.45, 7) is 2.27. The highest BCUT2D eigenvalue weighted by molar-refractivity contribution is 7.89. The van der Waals surface area contributed by atoms with Crippen molar-refractivity contribution in [3.63, 3.8) is 0 Å². The van der Waals surface area contributed by atoms with Gasteiger partial charge in [-0.1, -0.05) is 19.8 Å². The Kier molecular flexibility index (Phi) is 4.06. The molecule has 1 heterocycles. The first-order valence-corrected chi connectivity index (χ1v) is 9.07. The van der Waals surface area contributed by atoms with Crippen LogP contribution in [-0.4, -0.2) is 13.4 Å². The van der Waals surface area contributed by atoms with Gasteiger partial charge in [-0.15, -0.1) is 0 Å². The Morgan fingerprint density at radius 3 is 2.59 bits per heavy atom. The Morgan fingerprint density at radius 2 is 1.95 bits per heavy atom. The summed E-state index contributed by atoms with van der Waals surface area (Å²) in [5.41, 5.74) is 0.801. The van der Waals surface area contributed by atoms with Gasteiger partial charge >= 0.3 is 0 Å². The number of sulfonamides is 1. The molecule has 2 unspecified atom stereocenters. The molecule has 0 saturated heterocycles. The zero-order valence-electron chi connectivity index (χ0n) is 12.5. The van der Waals surface area contributed by atoms with Crippen LogP contribution >= 0.6 is 0 Å². The largest absolute Gasteiger partial charge is 0.440 e. The number of rotatable bonds is 3. The van der Waals surface area contributed by atoms with Crippen LogP contribution in [0.25, 0.3) is 11.3 Å². The van der Waals surface area contributed by atoms with Crippen LogP contribution in [0.2, 0.25) is 0 Å². The fourth-order valence-corrected chi connectivity index (χ4v) is 3.59. The van der Waals surface area contributed by atoms with Crippen molar-refractivity contribution in [3.8, 4) is 11.3 Å². The maximum Gasteiger partial charge on any atom is 0.238 e. The average molecular weight is 320 g/mol. The molecule has 0 amide bonds. The lowest BCUT2D eigenvalue weighted by molar-refractivity contribution is 0.303. The SMILES string of the molecule is CC1CCCC(c2ncc(-c3ccc(S(N)(=O)=O)cc3)o2)C1. The Balaban J connectivity index is 1.81. The summed E-state index contributed by atoms with van der Waals surface area (Å²) >= 11 is 0. The molecule has 3 rings (SSSR count). The minimum atomic E-state index is -3.67. The van der Waals surface area contributed by atoms with E-state index in [-0.39, 0.29) is 4.90 Å². The van der Waals surface area contributed by atoms with Gasteiger partial charge < -0.3 is 4.42 Å². The molecule has 0 spiro atoms. The maximum absolute atomic E-state index is 11.3. The number of aromatic nitrogens is 1. The second-order valence-electron chi connectivity index (χ2n) is 6.10. The molecule has 1 saturated carbocycles. The van der Waals surface area contributed by atoms with Gasteiger partial charge in [0, 0.05) is 11.5 Å². The zero-order chi connectivity index (χ0) is 15.7. The van der Waals surface area contributed by atoms with Crippen LogP contribution in [0.3, 0.4) is 0 Å². The number of nitrogens with two attached hydrogens (primary N) is 1. The van der Waals surface area contributed by atoms with Gasteiger partial charge in [0.2, 0.25) is 10.0 Å². The highest BCUT2D eigenvalue weighted by Gasteiger charge is 2.24. The first-order valence-electron chi connectivity index (χ1n) is 7.52. The lowest BCUT2D eigenvalue weighted by Crippen LogP contribution is -2.11. The third kappa shape index (κ3) is 3.23. The minimum Gasteiger partial charge on any atom is -0.440 e. The molecule has 0 bridgehead atoms. The number of hydrogen-bond acceptors (Lipinski definition) is 4. The van der Waals surface area contributed by atoms with Crippen LogP contribution in [0.1, 0.15) is 44.4 Å². The summed E-state index contributed by atoms with van der Waals surface area (Å²) in [7, 11) is -3.67. The normalized spacial score (nSPS) is 22.6. The molecule has 22 heavy (non-hydrogen) atoms. The fraction of sp³-hybridized carbons (Fsp3) is 0.438. The van der Waals surface area contributed by atoms with Gasteiger partial charge in [-0.25, -0.2) is 18.5 Å². The summed E-state index contributed by atoms with van der Waals surface area (Å²) in [6.07, 6.45) is 6.44. The van der Waals surface area contributed by atoms with Crippen LogP contribution in [-0.2, 0) is 10.0 Å². The number of nitrogens with zero attached hydrogens (tertiary/aromatic N) is 1. The summed E-state index contributed by atoms with van der Waals surface area (Å²) < 4.78 is 28.4. The second-order valence-corrected chi connectivity index (χ2v) is 7.66. The minimum absolute atomic E-state index is 0.0945. The molecule has 1 aliphatic rings. The smallest absolute Gasteiger partial charge is 0.238 e. The van der Waals surface area contributed by atoms with Crippen molar-refractivity contribution in [2.24, 2.45) is 11.1 Å². The number of hydrogen-bond donors (Lipinski definition) is 1. The number of benzene rings is 1. The van der Waals surface area contributed by atoms with E-state index < -0.39 is 10.0 Å². The second kappa shape index (κ2) is 5.85. The monoisotopic (exact) mass is 320 g/mol. The average Bonchev–Trinajstić information content (AvgIpc) is 2.96. The van der Waals surface area contributed by atoms with Gasteiger partial charge in [0.15, 0.2) is 11.7 Å².